The van der Waals surface area contributed by atoms with Crippen molar-refractivity contribution in [3.8, 4) is 0 Å². The van der Waals surface area contributed by atoms with Crippen LogP contribution in [0.2, 0.25) is 0 Å². The Morgan fingerprint density at radius 1 is 1.61 bits per heavy atom. The van der Waals surface area contributed by atoms with E-state index < -0.39 is 5.54 Å². The smallest absolute Gasteiger partial charge is 0.245 e. The molecule has 1 fully saturated rings. The molecule has 1 aromatic heterocycles. The number of rotatable bonds is 4. The first kappa shape index (κ1) is 13.0. The van der Waals surface area contributed by atoms with Gasteiger partial charge in [0.05, 0.1) is 0 Å². The highest BCUT2D eigenvalue weighted by Crippen LogP contribution is 2.19. The molecule has 0 atom stereocenters. The van der Waals surface area contributed by atoms with Crippen LogP contribution < -0.4 is 11.1 Å². The summed E-state index contributed by atoms with van der Waals surface area (Å²) in [4.78, 5) is 12.1. The van der Waals surface area contributed by atoms with Gasteiger partial charge in [-0.25, -0.2) is 0 Å². The Labute approximate surface area is 106 Å². The van der Waals surface area contributed by atoms with Crippen LogP contribution >= 0.6 is 0 Å². The van der Waals surface area contributed by atoms with Gasteiger partial charge in [0.15, 0.2) is 5.82 Å². The Kier molecular flexibility index (Phi) is 3.98. The third-order valence-corrected chi connectivity index (χ3v) is 3.23. The van der Waals surface area contributed by atoms with Crippen molar-refractivity contribution in [3.05, 3.63) is 11.8 Å². The highest BCUT2D eigenvalue weighted by atomic mass is 16.5. The Balaban J connectivity index is 1.97. The summed E-state index contributed by atoms with van der Waals surface area (Å²) in [5.74, 6) is 0.361. The molecule has 1 aliphatic rings. The summed E-state index contributed by atoms with van der Waals surface area (Å²) >= 11 is 0. The Hall–Kier alpha value is -1.40. The summed E-state index contributed by atoms with van der Waals surface area (Å²) in [6.07, 6.45) is 3.05. The molecule has 1 aliphatic heterocycles. The number of aromatic amines is 1. The van der Waals surface area contributed by atoms with E-state index in [1.807, 2.05) is 6.07 Å². The summed E-state index contributed by atoms with van der Waals surface area (Å²) in [6.45, 7) is 3.16. The zero-order valence-corrected chi connectivity index (χ0v) is 10.7. The molecule has 100 valence electrons. The average molecular weight is 252 g/mol. The van der Waals surface area contributed by atoms with Gasteiger partial charge < -0.3 is 15.8 Å². The molecule has 1 amide bonds. The third kappa shape index (κ3) is 2.88. The molecule has 18 heavy (non-hydrogen) atoms. The quantitative estimate of drug-likeness (QED) is 0.739. The van der Waals surface area contributed by atoms with Gasteiger partial charge in [0, 0.05) is 25.0 Å². The minimum Gasteiger partial charge on any atom is -0.381 e. The van der Waals surface area contributed by atoms with Gasteiger partial charge in [0.25, 0.3) is 0 Å². The Morgan fingerprint density at radius 3 is 3.00 bits per heavy atom. The fourth-order valence-corrected chi connectivity index (χ4v) is 2.03. The number of carbonyl (C=O) groups is 1. The Bertz CT molecular complexity index is 410. The first-order chi connectivity index (χ1) is 8.64. The fraction of sp³-hybridized carbons (Fsp3) is 0.667. The molecule has 2 rings (SSSR count). The van der Waals surface area contributed by atoms with Crippen molar-refractivity contribution >= 4 is 11.7 Å². The van der Waals surface area contributed by atoms with Gasteiger partial charge in [-0.3, -0.25) is 9.89 Å². The van der Waals surface area contributed by atoms with Gasteiger partial charge in [-0.15, -0.1) is 0 Å². The lowest BCUT2D eigenvalue weighted by Crippen LogP contribution is -2.54. The highest BCUT2D eigenvalue weighted by Gasteiger charge is 2.36. The van der Waals surface area contributed by atoms with Crippen molar-refractivity contribution in [1.29, 1.82) is 0 Å². The van der Waals surface area contributed by atoms with E-state index in [0.29, 0.717) is 31.9 Å². The van der Waals surface area contributed by atoms with Gasteiger partial charge in [-0.2, -0.15) is 5.10 Å². The first-order valence-corrected chi connectivity index (χ1v) is 6.36. The predicted octanol–water partition coefficient (Wildman–Crippen LogP) is 0.809. The van der Waals surface area contributed by atoms with Crippen molar-refractivity contribution < 1.29 is 9.53 Å². The molecule has 0 bridgehead atoms. The number of carbonyl (C=O) groups excluding carboxylic acids is 1. The number of anilines is 1. The Morgan fingerprint density at radius 2 is 2.33 bits per heavy atom. The van der Waals surface area contributed by atoms with Crippen LogP contribution in [0.25, 0.3) is 0 Å². The second kappa shape index (κ2) is 5.49. The van der Waals surface area contributed by atoms with Gasteiger partial charge in [0.1, 0.15) is 5.54 Å². The maximum Gasteiger partial charge on any atom is 0.245 e. The molecule has 6 nitrogen and oxygen atoms in total. The van der Waals surface area contributed by atoms with Crippen LogP contribution in [0.1, 0.15) is 31.9 Å². The first-order valence-electron chi connectivity index (χ1n) is 6.36. The summed E-state index contributed by atoms with van der Waals surface area (Å²) in [7, 11) is 0. The van der Waals surface area contributed by atoms with Crippen LogP contribution in [0.3, 0.4) is 0 Å². The second-order valence-electron chi connectivity index (χ2n) is 4.75. The molecule has 0 spiro atoms. The number of nitrogens with one attached hydrogen (secondary N) is 2. The number of nitrogens with zero attached hydrogens (tertiary/aromatic N) is 1. The van der Waals surface area contributed by atoms with Crippen molar-refractivity contribution in [1.82, 2.24) is 10.2 Å². The van der Waals surface area contributed by atoms with Crippen LogP contribution in [0.15, 0.2) is 6.07 Å². The van der Waals surface area contributed by atoms with E-state index >= 15 is 0 Å². The lowest BCUT2D eigenvalue weighted by atomic mass is 9.90. The van der Waals surface area contributed by atoms with E-state index in [9.17, 15) is 4.79 Å². The van der Waals surface area contributed by atoms with Crippen molar-refractivity contribution in [2.24, 2.45) is 5.73 Å². The SMILES string of the molecule is CCCc1cc(NC(=O)C2(N)CCOCC2)n[nH]1. The van der Waals surface area contributed by atoms with E-state index in [4.69, 9.17) is 10.5 Å². The highest BCUT2D eigenvalue weighted by molar-refractivity contribution is 5.97. The molecule has 2 heterocycles. The summed E-state index contributed by atoms with van der Waals surface area (Å²) in [6, 6.07) is 1.85. The molecule has 1 aromatic rings. The van der Waals surface area contributed by atoms with Crippen molar-refractivity contribution in [3.63, 3.8) is 0 Å². The molecule has 6 heteroatoms. The van der Waals surface area contributed by atoms with Gasteiger partial charge in [-0.05, 0) is 19.3 Å². The van der Waals surface area contributed by atoms with Gasteiger partial charge >= 0.3 is 0 Å². The number of aromatic nitrogens is 2. The lowest BCUT2D eigenvalue weighted by molar-refractivity contribution is -0.124. The van der Waals surface area contributed by atoms with E-state index in [0.717, 1.165) is 18.5 Å². The van der Waals surface area contributed by atoms with Crippen LogP contribution in [0.4, 0.5) is 5.82 Å². The summed E-state index contributed by atoms with van der Waals surface area (Å²) in [5, 5.41) is 9.72. The maximum atomic E-state index is 12.1. The molecule has 0 unspecified atom stereocenters. The zero-order valence-electron chi connectivity index (χ0n) is 10.7. The molecule has 0 aliphatic carbocycles. The predicted molar refractivity (Wildman–Crippen MR) is 68.2 cm³/mol. The average Bonchev–Trinajstić information content (AvgIpc) is 2.78. The largest absolute Gasteiger partial charge is 0.381 e. The molecule has 0 saturated carbocycles. The standard InChI is InChI=1S/C12H20N4O2/c1-2-3-9-8-10(16-15-9)14-11(17)12(13)4-6-18-7-5-12/h8H,2-7,13H2,1H3,(H2,14,15,16,17). The normalized spacial score (nSPS) is 18.6. The molecule has 0 radical (unpaired) electrons. The van der Waals surface area contributed by atoms with Crippen LogP contribution in [0, 0.1) is 0 Å². The molecule has 1 saturated heterocycles. The van der Waals surface area contributed by atoms with E-state index in [-0.39, 0.29) is 5.91 Å². The van der Waals surface area contributed by atoms with Gasteiger partial charge in [-0.1, -0.05) is 13.3 Å². The van der Waals surface area contributed by atoms with E-state index in [2.05, 4.69) is 22.4 Å². The monoisotopic (exact) mass is 252 g/mol. The van der Waals surface area contributed by atoms with Gasteiger partial charge in [0.2, 0.25) is 5.91 Å². The van der Waals surface area contributed by atoms with Crippen molar-refractivity contribution in [2.75, 3.05) is 18.5 Å². The van der Waals surface area contributed by atoms with Crippen LogP contribution in [-0.4, -0.2) is 34.9 Å². The minimum atomic E-state index is -0.831. The van der Waals surface area contributed by atoms with Crippen LogP contribution in [-0.2, 0) is 16.0 Å². The number of aryl methyl sites for hydroxylation is 1. The number of hydrogen-bond acceptors (Lipinski definition) is 4. The summed E-state index contributed by atoms with van der Waals surface area (Å²) < 4.78 is 5.22. The number of ether oxygens (including phenoxy) is 1. The zero-order chi connectivity index (χ0) is 13.0. The van der Waals surface area contributed by atoms with Crippen LogP contribution in [0.5, 0.6) is 0 Å². The molecular weight excluding hydrogens is 232 g/mol. The maximum absolute atomic E-state index is 12.1. The van der Waals surface area contributed by atoms with E-state index in [1.54, 1.807) is 0 Å². The second-order valence-corrected chi connectivity index (χ2v) is 4.75. The molecule has 4 N–H and O–H groups in total. The number of nitrogens with two attached hydrogens (primary N) is 1. The summed E-state index contributed by atoms with van der Waals surface area (Å²) in [5.41, 5.74) is 6.27. The number of hydrogen-bond donors (Lipinski definition) is 3. The van der Waals surface area contributed by atoms with Crippen molar-refractivity contribution in [2.45, 2.75) is 38.1 Å². The molecule has 0 aromatic carbocycles. The minimum absolute atomic E-state index is 0.180. The fourth-order valence-electron chi connectivity index (χ4n) is 2.03. The number of amides is 1. The molecular formula is C12H20N4O2. The lowest BCUT2D eigenvalue weighted by Gasteiger charge is -2.31. The third-order valence-electron chi connectivity index (χ3n) is 3.23. The topological polar surface area (TPSA) is 93.0 Å². The number of H-pyrrole nitrogens is 1. The van der Waals surface area contributed by atoms with E-state index in [1.165, 1.54) is 0 Å².